The van der Waals surface area contributed by atoms with E-state index in [4.69, 9.17) is 21.4 Å². The van der Waals surface area contributed by atoms with E-state index in [0.29, 0.717) is 10.8 Å². The molecule has 1 aliphatic heterocycles. The van der Waals surface area contributed by atoms with Crippen molar-refractivity contribution in [2.75, 3.05) is 6.61 Å². The predicted octanol–water partition coefficient (Wildman–Crippen LogP) is 1.39. The molecule has 0 spiro atoms. The molecule has 0 bridgehead atoms. The molecule has 15 heavy (non-hydrogen) atoms. The van der Waals surface area contributed by atoms with Crippen molar-refractivity contribution in [1.82, 2.24) is 0 Å². The molecule has 2 N–H and O–H groups in total. The standard InChI is InChI=1S/C10H9ClO4/c11-6-1-2-8-7(5-6)10(14,9(12)13)3-4-15-8/h1-2,5,14H,3-4H2,(H,12,13)/t10-/m1/s1. The maximum atomic E-state index is 11.0. The van der Waals surface area contributed by atoms with Crippen LogP contribution in [0.4, 0.5) is 0 Å². The van der Waals surface area contributed by atoms with E-state index in [-0.39, 0.29) is 18.6 Å². The third-order valence-electron chi connectivity index (χ3n) is 2.46. The van der Waals surface area contributed by atoms with E-state index >= 15 is 0 Å². The third kappa shape index (κ3) is 1.56. The molecule has 1 aromatic rings. The van der Waals surface area contributed by atoms with Crippen LogP contribution in [-0.2, 0) is 10.4 Å². The number of ether oxygens (including phenoxy) is 1. The van der Waals surface area contributed by atoms with Crippen molar-refractivity contribution < 1.29 is 19.7 Å². The van der Waals surface area contributed by atoms with Crippen LogP contribution in [0.3, 0.4) is 0 Å². The minimum atomic E-state index is -1.89. The number of aliphatic carboxylic acids is 1. The summed E-state index contributed by atoms with van der Waals surface area (Å²) in [4.78, 5) is 11.0. The third-order valence-corrected chi connectivity index (χ3v) is 2.70. The van der Waals surface area contributed by atoms with Crippen molar-refractivity contribution in [3.05, 3.63) is 28.8 Å². The highest BCUT2D eigenvalue weighted by atomic mass is 35.5. The van der Waals surface area contributed by atoms with Crippen LogP contribution in [-0.4, -0.2) is 22.8 Å². The van der Waals surface area contributed by atoms with Crippen LogP contribution in [0.5, 0.6) is 5.75 Å². The quantitative estimate of drug-likeness (QED) is 0.763. The fourth-order valence-electron chi connectivity index (χ4n) is 1.62. The summed E-state index contributed by atoms with van der Waals surface area (Å²) in [5.74, 6) is -0.912. The van der Waals surface area contributed by atoms with Gasteiger partial charge in [0, 0.05) is 17.0 Å². The zero-order valence-corrected chi connectivity index (χ0v) is 8.49. The second kappa shape index (κ2) is 3.40. The molecule has 0 amide bonds. The summed E-state index contributed by atoms with van der Waals surface area (Å²) in [6, 6.07) is 4.57. The van der Waals surface area contributed by atoms with Crippen LogP contribution in [0.15, 0.2) is 18.2 Å². The first-order valence-corrected chi connectivity index (χ1v) is 4.80. The number of fused-ring (bicyclic) bond motifs is 1. The van der Waals surface area contributed by atoms with Gasteiger partial charge in [0.2, 0.25) is 0 Å². The Bertz CT molecular complexity index is 418. The van der Waals surface area contributed by atoms with Gasteiger partial charge in [-0.05, 0) is 18.2 Å². The highest BCUT2D eigenvalue weighted by molar-refractivity contribution is 6.30. The average molecular weight is 229 g/mol. The molecule has 0 aliphatic carbocycles. The van der Waals surface area contributed by atoms with Gasteiger partial charge in [-0.15, -0.1) is 0 Å². The maximum Gasteiger partial charge on any atom is 0.340 e. The van der Waals surface area contributed by atoms with Gasteiger partial charge in [0.1, 0.15) is 5.75 Å². The van der Waals surface area contributed by atoms with Gasteiger partial charge in [-0.2, -0.15) is 0 Å². The Balaban J connectivity index is 2.59. The summed E-state index contributed by atoms with van der Waals surface area (Å²) in [7, 11) is 0. The second-order valence-electron chi connectivity index (χ2n) is 3.40. The lowest BCUT2D eigenvalue weighted by molar-refractivity contribution is -0.162. The van der Waals surface area contributed by atoms with Crippen LogP contribution >= 0.6 is 11.6 Å². The molecular weight excluding hydrogens is 220 g/mol. The van der Waals surface area contributed by atoms with Gasteiger partial charge in [0.05, 0.1) is 6.61 Å². The molecule has 0 unspecified atom stereocenters. The first-order chi connectivity index (χ1) is 7.04. The Morgan fingerprint density at radius 1 is 1.53 bits per heavy atom. The molecule has 0 fully saturated rings. The van der Waals surface area contributed by atoms with E-state index in [0.717, 1.165) is 0 Å². The zero-order valence-electron chi connectivity index (χ0n) is 7.74. The monoisotopic (exact) mass is 228 g/mol. The average Bonchev–Trinajstić information content (AvgIpc) is 2.19. The van der Waals surface area contributed by atoms with Crippen molar-refractivity contribution in [3.8, 4) is 5.75 Å². The van der Waals surface area contributed by atoms with Crippen molar-refractivity contribution in [2.24, 2.45) is 0 Å². The maximum absolute atomic E-state index is 11.0. The van der Waals surface area contributed by atoms with E-state index in [2.05, 4.69) is 0 Å². The Morgan fingerprint density at radius 3 is 2.93 bits per heavy atom. The summed E-state index contributed by atoms with van der Waals surface area (Å²) >= 11 is 5.75. The number of carboxylic acids is 1. The molecule has 4 nitrogen and oxygen atoms in total. The van der Waals surface area contributed by atoms with Gasteiger partial charge in [-0.25, -0.2) is 4.79 Å². The van der Waals surface area contributed by atoms with Crippen LogP contribution in [0, 0.1) is 0 Å². The fourth-order valence-corrected chi connectivity index (χ4v) is 1.79. The van der Waals surface area contributed by atoms with Crippen LogP contribution < -0.4 is 4.74 Å². The van der Waals surface area contributed by atoms with E-state index in [1.54, 1.807) is 12.1 Å². The number of aliphatic hydroxyl groups is 1. The molecule has 0 radical (unpaired) electrons. The topological polar surface area (TPSA) is 66.8 Å². The SMILES string of the molecule is O=C(O)[C@@]1(O)CCOc2ccc(Cl)cc21. The lowest BCUT2D eigenvalue weighted by Crippen LogP contribution is -2.40. The molecule has 80 valence electrons. The molecule has 5 heteroatoms. The number of carbonyl (C=O) groups is 1. The number of hydrogen-bond donors (Lipinski definition) is 2. The van der Waals surface area contributed by atoms with Crippen molar-refractivity contribution >= 4 is 17.6 Å². The predicted molar refractivity (Wildman–Crippen MR) is 53.1 cm³/mol. The summed E-state index contributed by atoms with van der Waals surface area (Å²) in [5.41, 5.74) is -1.67. The Morgan fingerprint density at radius 2 is 2.27 bits per heavy atom. The number of hydrogen-bond acceptors (Lipinski definition) is 3. The molecule has 1 atom stereocenters. The zero-order chi connectivity index (χ0) is 11.1. The smallest absolute Gasteiger partial charge is 0.340 e. The molecule has 1 aliphatic rings. The molecule has 0 saturated heterocycles. The number of rotatable bonds is 1. The van der Waals surface area contributed by atoms with Crippen molar-refractivity contribution in [3.63, 3.8) is 0 Å². The Kier molecular flexibility index (Phi) is 2.32. The first-order valence-electron chi connectivity index (χ1n) is 4.42. The summed E-state index contributed by atoms with van der Waals surface area (Å²) in [6.07, 6.45) is 0.0235. The molecular formula is C10H9ClO4. The van der Waals surface area contributed by atoms with Gasteiger partial charge in [0.25, 0.3) is 0 Å². The summed E-state index contributed by atoms with van der Waals surface area (Å²) in [5, 5.41) is 19.3. The number of carboxylic acid groups (broad SMARTS) is 1. The normalized spacial score (nSPS) is 24.1. The van der Waals surface area contributed by atoms with Gasteiger partial charge in [0.15, 0.2) is 5.60 Å². The van der Waals surface area contributed by atoms with Crippen LogP contribution in [0.1, 0.15) is 12.0 Å². The van der Waals surface area contributed by atoms with Gasteiger partial charge in [-0.3, -0.25) is 0 Å². The Labute approximate surface area is 91.1 Å². The van der Waals surface area contributed by atoms with E-state index in [9.17, 15) is 9.90 Å². The second-order valence-corrected chi connectivity index (χ2v) is 3.84. The van der Waals surface area contributed by atoms with Crippen molar-refractivity contribution in [1.29, 1.82) is 0 Å². The lowest BCUT2D eigenvalue weighted by atomic mass is 9.88. The highest BCUT2D eigenvalue weighted by Crippen LogP contribution is 2.38. The fraction of sp³-hybridized carbons (Fsp3) is 0.300. The molecule has 0 aromatic heterocycles. The number of halogens is 1. The summed E-state index contributed by atoms with van der Waals surface area (Å²) in [6.45, 7) is 0.178. The van der Waals surface area contributed by atoms with Gasteiger partial charge in [-0.1, -0.05) is 11.6 Å². The largest absolute Gasteiger partial charge is 0.493 e. The Hall–Kier alpha value is -1.26. The lowest BCUT2D eigenvalue weighted by Gasteiger charge is -2.30. The van der Waals surface area contributed by atoms with Crippen molar-refractivity contribution in [2.45, 2.75) is 12.0 Å². The van der Waals surface area contributed by atoms with Crippen LogP contribution in [0.25, 0.3) is 0 Å². The minimum Gasteiger partial charge on any atom is -0.493 e. The van der Waals surface area contributed by atoms with E-state index in [1.807, 2.05) is 0 Å². The molecule has 0 saturated carbocycles. The van der Waals surface area contributed by atoms with Gasteiger partial charge >= 0.3 is 5.97 Å². The molecule has 1 aromatic carbocycles. The summed E-state index contributed by atoms with van der Waals surface area (Å²) < 4.78 is 5.24. The molecule has 1 heterocycles. The molecule has 2 rings (SSSR count). The minimum absolute atomic E-state index is 0.0235. The first kappa shape index (κ1) is 10.3. The van der Waals surface area contributed by atoms with Gasteiger partial charge < -0.3 is 14.9 Å². The van der Waals surface area contributed by atoms with Crippen LogP contribution in [0.2, 0.25) is 5.02 Å². The number of benzene rings is 1. The van der Waals surface area contributed by atoms with E-state index < -0.39 is 11.6 Å². The van der Waals surface area contributed by atoms with E-state index in [1.165, 1.54) is 6.07 Å². The highest BCUT2D eigenvalue weighted by Gasteiger charge is 2.43.